The van der Waals surface area contributed by atoms with Gasteiger partial charge in [-0.25, -0.2) is 4.79 Å². The van der Waals surface area contributed by atoms with Crippen LogP contribution in [0.15, 0.2) is 0 Å². The lowest BCUT2D eigenvalue weighted by molar-refractivity contribution is -0.128. The van der Waals surface area contributed by atoms with Gasteiger partial charge >= 0.3 is 6.03 Å². The molecule has 0 bridgehead atoms. The first kappa shape index (κ1) is 9.61. The molecule has 11 heavy (non-hydrogen) atoms. The summed E-state index contributed by atoms with van der Waals surface area (Å²) in [6.07, 6.45) is 0.278. The minimum absolute atomic E-state index is 0.0463. The number of urea groups is 1. The van der Waals surface area contributed by atoms with Gasteiger partial charge in [-0.3, -0.25) is 9.59 Å². The third kappa shape index (κ3) is 6.50. The van der Waals surface area contributed by atoms with Crippen LogP contribution in [0, 0.1) is 0 Å². The van der Waals surface area contributed by atoms with Gasteiger partial charge in [0.05, 0.1) is 0 Å². The summed E-state index contributed by atoms with van der Waals surface area (Å²) in [5, 5.41) is 5.14. The molecule has 0 saturated carbocycles. The van der Waals surface area contributed by atoms with Gasteiger partial charge in [-0.2, -0.15) is 0 Å². The van der Waals surface area contributed by atoms with Crippen molar-refractivity contribution in [1.29, 1.82) is 0 Å². The zero-order chi connectivity index (χ0) is 8.69. The minimum atomic E-state index is -0.426. The second-order valence-electron chi connectivity index (χ2n) is 1.91. The van der Waals surface area contributed by atoms with Gasteiger partial charge in [-0.1, -0.05) is 0 Å². The quantitative estimate of drug-likeness (QED) is 0.382. The lowest BCUT2D eigenvalue weighted by Gasteiger charge is -1.80. The molecule has 0 aliphatic carbocycles. The first-order valence-electron chi connectivity index (χ1n) is 3.14. The molecule has 1 fully saturated rings. The number of carbonyl (C=O) groups excluding carboxylic acids is 3. The van der Waals surface area contributed by atoms with Gasteiger partial charge in [0.25, 0.3) is 0 Å². The van der Waals surface area contributed by atoms with Gasteiger partial charge in [0, 0.05) is 20.0 Å². The summed E-state index contributed by atoms with van der Waals surface area (Å²) in [6, 6.07) is -0.0463. The first-order chi connectivity index (χ1) is 5.16. The van der Waals surface area contributed by atoms with Crippen LogP contribution in [0.3, 0.4) is 0 Å². The number of rotatable bonds is 1. The van der Waals surface area contributed by atoms with Crippen molar-refractivity contribution < 1.29 is 14.4 Å². The highest BCUT2D eigenvalue weighted by molar-refractivity contribution is 6.23. The van der Waals surface area contributed by atoms with E-state index in [1.807, 2.05) is 0 Å². The van der Waals surface area contributed by atoms with Crippen molar-refractivity contribution in [2.75, 3.05) is 13.1 Å². The molecular formula is C6H10N2O3. The van der Waals surface area contributed by atoms with Crippen LogP contribution >= 0.6 is 0 Å². The van der Waals surface area contributed by atoms with Crippen molar-refractivity contribution in [3.05, 3.63) is 0 Å². The molecule has 62 valence electrons. The number of aldehydes is 1. The molecule has 1 aliphatic heterocycles. The Morgan fingerprint density at radius 3 is 1.91 bits per heavy atom. The van der Waals surface area contributed by atoms with Crippen molar-refractivity contribution in [3.8, 4) is 0 Å². The monoisotopic (exact) mass is 158 g/mol. The maximum absolute atomic E-state index is 10.0. The Balaban J connectivity index is 0.000000187. The Morgan fingerprint density at radius 1 is 1.45 bits per heavy atom. The van der Waals surface area contributed by atoms with E-state index in [2.05, 4.69) is 10.6 Å². The van der Waals surface area contributed by atoms with Crippen LogP contribution in [-0.4, -0.2) is 31.2 Å². The zero-order valence-corrected chi connectivity index (χ0v) is 6.22. The molecular weight excluding hydrogens is 148 g/mol. The van der Waals surface area contributed by atoms with E-state index in [1.54, 1.807) is 0 Å². The van der Waals surface area contributed by atoms with Crippen molar-refractivity contribution in [3.63, 3.8) is 0 Å². The van der Waals surface area contributed by atoms with Gasteiger partial charge in [-0.15, -0.1) is 0 Å². The highest BCUT2D eigenvalue weighted by Gasteiger charge is 2.02. The van der Waals surface area contributed by atoms with E-state index in [9.17, 15) is 9.59 Å². The summed E-state index contributed by atoms with van der Waals surface area (Å²) >= 11 is 0. The van der Waals surface area contributed by atoms with Gasteiger partial charge in [-0.05, 0) is 0 Å². The zero-order valence-electron chi connectivity index (χ0n) is 6.22. The van der Waals surface area contributed by atoms with Gasteiger partial charge < -0.3 is 10.6 Å². The maximum Gasteiger partial charge on any atom is 0.314 e. The molecule has 1 rings (SSSR count). The molecule has 0 atom stereocenters. The van der Waals surface area contributed by atoms with E-state index >= 15 is 0 Å². The van der Waals surface area contributed by atoms with E-state index in [4.69, 9.17) is 4.79 Å². The lowest BCUT2D eigenvalue weighted by atomic mass is 10.5. The predicted octanol–water partition coefficient (Wildman–Crippen LogP) is -0.926. The summed E-state index contributed by atoms with van der Waals surface area (Å²) in [5.41, 5.74) is 0. The predicted molar refractivity (Wildman–Crippen MR) is 38.1 cm³/mol. The normalized spacial score (nSPS) is 13.7. The van der Waals surface area contributed by atoms with E-state index in [0.29, 0.717) is 0 Å². The van der Waals surface area contributed by atoms with Gasteiger partial charge in [0.2, 0.25) is 0 Å². The van der Waals surface area contributed by atoms with Crippen LogP contribution in [0.2, 0.25) is 0 Å². The molecule has 1 saturated heterocycles. The average Bonchev–Trinajstić information content (AvgIpc) is 2.41. The molecule has 2 amide bonds. The highest BCUT2D eigenvalue weighted by Crippen LogP contribution is 1.69. The van der Waals surface area contributed by atoms with Crippen molar-refractivity contribution in [1.82, 2.24) is 10.6 Å². The van der Waals surface area contributed by atoms with E-state index in [0.717, 1.165) is 13.1 Å². The number of hydrogen-bond donors (Lipinski definition) is 2. The topological polar surface area (TPSA) is 75.3 Å². The Bertz CT molecular complexity index is 159. The average molecular weight is 158 g/mol. The molecule has 1 heterocycles. The van der Waals surface area contributed by atoms with Crippen LogP contribution < -0.4 is 10.6 Å². The molecule has 5 nitrogen and oxygen atoms in total. The minimum Gasteiger partial charge on any atom is -0.336 e. The summed E-state index contributed by atoms with van der Waals surface area (Å²) in [6.45, 7) is 2.77. The van der Waals surface area contributed by atoms with Crippen molar-refractivity contribution in [2.45, 2.75) is 6.92 Å². The van der Waals surface area contributed by atoms with E-state index < -0.39 is 5.78 Å². The highest BCUT2D eigenvalue weighted by atomic mass is 16.2. The molecule has 0 aromatic carbocycles. The van der Waals surface area contributed by atoms with E-state index in [1.165, 1.54) is 6.92 Å². The summed E-state index contributed by atoms with van der Waals surface area (Å²) in [4.78, 5) is 28.6. The molecule has 0 aromatic rings. The number of amides is 2. The Morgan fingerprint density at radius 2 is 1.82 bits per heavy atom. The molecule has 1 aliphatic rings. The van der Waals surface area contributed by atoms with Crippen molar-refractivity contribution >= 4 is 18.1 Å². The van der Waals surface area contributed by atoms with Gasteiger partial charge in [0.1, 0.15) is 0 Å². The third-order valence-electron chi connectivity index (χ3n) is 0.862. The molecule has 0 aromatic heterocycles. The number of ketones is 1. The molecule has 5 heteroatoms. The maximum atomic E-state index is 10.0. The lowest BCUT2D eigenvalue weighted by Crippen LogP contribution is -2.20. The van der Waals surface area contributed by atoms with Crippen molar-refractivity contribution in [2.24, 2.45) is 0 Å². The Hall–Kier alpha value is -1.39. The van der Waals surface area contributed by atoms with Crippen LogP contribution in [0.5, 0.6) is 0 Å². The third-order valence-corrected chi connectivity index (χ3v) is 0.862. The SMILES string of the molecule is CC(=O)C=O.O=C1NCCN1. The fourth-order valence-corrected chi connectivity index (χ4v) is 0.415. The van der Waals surface area contributed by atoms with Crippen LogP contribution in [0.1, 0.15) is 6.92 Å². The second kappa shape index (κ2) is 5.40. The number of carbonyl (C=O) groups is 3. The Kier molecular flexibility index (Phi) is 4.72. The fourth-order valence-electron chi connectivity index (χ4n) is 0.415. The Labute approximate surface area is 64.1 Å². The smallest absolute Gasteiger partial charge is 0.314 e. The summed E-state index contributed by atoms with van der Waals surface area (Å²) < 4.78 is 0. The largest absolute Gasteiger partial charge is 0.336 e. The fraction of sp³-hybridized carbons (Fsp3) is 0.500. The van der Waals surface area contributed by atoms with Crippen LogP contribution in [0.25, 0.3) is 0 Å². The number of nitrogens with one attached hydrogen (secondary N) is 2. The first-order valence-corrected chi connectivity index (χ1v) is 3.14. The summed E-state index contributed by atoms with van der Waals surface area (Å²) in [5.74, 6) is -0.426. The van der Waals surface area contributed by atoms with Crippen LogP contribution in [0.4, 0.5) is 4.79 Å². The molecule has 0 radical (unpaired) electrons. The van der Waals surface area contributed by atoms with Crippen LogP contribution in [-0.2, 0) is 9.59 Å². The number of Topliss-reactive ketones (excluding diaryl/α,β-unsaturated/α-hetero) is 1. The molecule has 0 unspecified atom stereocenters. The standard InChI is InChI=1S/C3H6N2O.C3H4O2/c6-3-4-1-2-5-3;1-3(5)2-4/h1-2H2,(H2,4,5,6);2H,1H3. The number of hydrogen-bond acceptors (Lipinski definition) is 3. The summed E-state index contributed by atoms with van der Waals surface area (Å²) in [7, 11) is 0. The molecule has 2 N–H and O–H groups in total. The van der Waals surface area contributed by atoms with E-state index in [-0.39, 0.29) is 12.3 Å². The molecule has 0 spiro atoms. The van der Waals surface area contributed by atoms with Gasteiger partial charge in [0.15, 0.2) is 12.1 Å². The second-order valence-corrected chi connectivity index (χ2v) is 1.91.